The average Bonchev–Trinajstić information content (AvgIpc) is 2.49. The van der Waals surface area contributed by atoms with E-state index < -0.39 is 0 Å². The molecule has 2 N–H and O–H groups in total. The average molecular weight is 321 g/mol. The molecule has 1 aliphatic rings. The molecule has 1 saturated heterocycles. The number of thioether (sulfide) groups is 1. The van der Waals surface area contributed by atoms with Crippen LogP contribution in [0.15, 0.2) is 28.1 Å². The molecule has 0 aromatic heterocycles. The Balaban J connectivity index is 2.00. The summed E-state index contributed by atoms with van der Waals surface area (Å²) in [5, 5.41) is 6.75. The molecule has 0 spiro atoms. The molecule has 1 heterocycles. The number of nitrogens with zero attached hydrogens (tertiary/aromatic N) is 1. The zero-order valence-electron chi connectivity index (χ0n) is 14.0. The van der Waals surface area contributed by atoms with Crippen LogP contribution < -0.4 is 10.6 Å². The van der Waals surface area contributed by atoms with Crippen LogP contribution in [0.4, 0.5) is 0 Å². The van der Waals surface area contributed by atoms with Crippen molar-refractivity contribution >= 4 is 17.7 Å². The third-order valence-electron chi connectivity index (χ3n) is 3.78. The van der Waals surface area contributed by atoms with Crippen LogP contribution >= 0.6 is 11.8 Å². The fourth-order valence-corrected chi connectivity index (χ4v) is 3.04. The molecule has 0 saturated carbocycles. The molecular formula is C17H27N3OS. The molecule has 4 nitrogen and oxygen atoms in total. The number of hydrogen-bond donors (Lipinski definition) is 2. The number of nitrogens with one attached hydrogen (secondary N) is 2. The second-order valence-corrected chi connectivity index (χ2v) is 7.02. The Bertz CT molecular complexity index is 527. The molecular weight excluding hydrogens is 294 g/mol. The lowest BCUT2D eigenvalue weighted by Crippen LogP contribution is -2.51. The molecule has 5 heteroatoms. The molecule has 0 amide bonds. The molecule has 1 aromatic carbocycles. The number of benzene rings is 1. The van der Waals surface area contributed by atoms with Crippen LogP contribution in [0.2, 0.25) is 0 Å². The minimum atomic E-state index is 0.241. The summed E-state index contributed by atoms with van der Waals surface area (Å²) in [6.45, 7) is 10.6. The van der Waals surface area contributed by atoms with E-state index in [0.29, 0.717) is 6.54 Å². The Morgan fingerprint density at radius 2 is 2.14 bits per heavy atom. The van der Waals surface area contributed by atoms with Crippen molar-refractivity contribution in [3.63, 3.8) is 0 Å². The van der Waals surface area contributed by atoms with Crippen LogP contribution in [-0.4, -0.2) is 38.5 Å². The first-order chi connectivity index (χ1) is 10.6. The van der Waals surface area contributed by atoms with Gasteiger partial charge in [0.15, 0.2) is 5.96 Å². The van der Waals surface area contributed by atoms with Gasteiger partial charge < -0.3 is 15.4 Å². The molecule has 22 heavy (non-hydrogen) atoms. The Labute approximate surface area is 138 Å². The van der Waals surface area contributed by atoms with E-state index in [0.717, 1.165) is 32.3 Å². The number of rotatable bonds is 6. The van der Waals surface area contributed by atoms with Gasteiger partial charge in [0.05, 0.1) is 19.8 Å². The van der Waals surface area contributed by atoms with E-state index in [1.165, 1.54) is 16.0 Å². The van der Waals surface area contributed by atoms with Gasteiger partial charge in [0, 0.05) is 23.4 Å². The number of aryl methyl sites for hydroxylation is 1. The van der Waals surface area contributed by atoms with Crippen molar-refractivity contribution in [2.75, 3.05) is 32.6 Å². The Hall–Kier alpha value is -1.20. The van der Waals surface area contributed by atoms with E-state index in [-0.39, 0.29) is 5.41 Å². The molecule has 0 radical (unpaired) electrons. The Morgan fingerprint density at radius 1 is 1.36 bits per heavy atom. The molecule has 0 bridgehead atoms. The largest absolute Gasteiger partial charge is 0.380 e. The summed E-state index contributed by atoms with van der Waals surface area (Å²) < 4.78 is 5.30. The summed E-state index contributed by atoms with van der Waals surface area (Å²) in [7, 11) is 0. The molecule has 0 atom stereocenters. The summed E-state index contributed by atoms with van der Waals surface area (Å²) in [4.78, 5) is 6.03. The van der Waals surface area contributed by atoms with Crippen LogP contribution in [0, 0.1) is 12.3 Å². The van der Waals surface area contributed by atoms with E-state index >= 15 is 0 Å². The second kappa shape index (κ2) is 7.88. The Kier molecular flexibility index (Phi) is 6.15. The third kappa shape index (κ3) is 4.65. The quantitative estimate of drug-likeness (QED) is 0.480. The second-order valence-electron chi connectivity index (χ2n) is 6.17. The van der Waals surface area contributed by atoms with Crippen molar-refractivity contribution in [1.82, 2.24) is 10.6 Å². The molecule has 1 aliphatic heterocycles. The first-order valence-electron chi connectivity index (χ1n) is 7.80. The molecule has 1 aromatic rings. The number of guanidine groups is 1. The standard InChI is InChI=1S/C17H27N3OS/c1-5-18-16(20-10-17(3)11-21-12-17)19-9-14-7-6-13(2)8-15(14)22-4/h6-8H,5,9-12H2,1-4H3,(H2,18,19,20). The zero-order chi connectivity index (χ0) is 16.0. The van der Waals surface area contributed by atoms with Gasteiger partial charge in [-0.15, -0.1) is 11.8 Å². The summed E-state index contributed by atoms with van der Waals surface area (Å²) in [6.07, 6.45) is 2.11. The zero-order valence-corrected chi connectivity index (χ0v) is 14.8. The molecule has 1 fully saturated rings. The summed E-state index contributed by atoms with van der Waals surface area (Å²) in [6, 6.07) is 6.55. The maximum Gasteiger partial charge on any atom is 0.191 e. The fourth-order valence-electron chi connectivity index (χ4n) is 2.34. The highest BCUT2D eigenvalue weighted by Gasteiger charge is 2.33. The van der Waals surface area contributed by atoms with Crippen molar-refractivity contribution in [2.45, 2.75) is 32.2 Å². The van der Waals surface area contributed by atoms with E-state index in [9.17, 15) is 0 Å². The van der Waals surface area contributed by atoms with Crippen molar-refractivity contribution < 1.29 is 4.74 Å². The van der Waals surface area contributed by atoms with Gasteiger partial charge in [-0.05, 0) is 37.3 Å². The predicted octanol–water partition coefficient (Wildman–Crippen LogP) is 2.81. The van der Waals surface area contributed by atoms with Gasteiger partial charge in [-0.2, -0.15) is 0 Å². The molecule has 122 valence electrons. The van der Waals surface area contributed by atoms with Crippen LogP contribution in [0.25, 0.3) is 0 Å². The van der Waals surface area contributed by atoms with Gasteiger partial charge in [-0.3, -0.25) is 0 Å². The van der Waals surface area contributed by atoms with Crippen LogP contribution in [0.1, 0.15) is 25.0 Å². The van der Waals surface area contributed by atoms with E-state index in [4.69, 9.17) is 9.73 Å². The Morgan fingerprint density at radius 3 is 2.73 bits per heavy atom. The lowest BCUT2D eigenvalue weighted by molar-refractivity contribution is -0.0971. The van der Waals surface area contributed by atoms with Crippen molar-refractivity contribution in [2.24, 2.45) is 10.4 Å². The first-order valence-corrected chi connectivity index (χ1v) is 9.02. The topological polar surface area (TPSA) is 45.7 Å². The van der Waals surface area contributed by atoms with Gasteiger partial charge in [0.25, 0.3) is 0 Å². The number of hydrogen-bond acceptors (Lipinski definition) is 3. The maximum absolute atomic E-state index is 5.30. The summed E-state index contributed by atoms with van der Waals surface area (Å²) >= 11 is 1.78. The minimum absolute atomic E-state index is 0.241. The van der Waals surface area contributed by atoms with E-state index in [1.807, 2.05) is 0 Å². The molecule has 0 unspecified atom stereocenters. The van der Waals surface area contributed by atoms with Crippen molar-refractivity contribution in [1.29, 1.82) is 0 Å². The third-order valence-corrected chi connectivity index (χ3v) is 4.60. The van der Waals surface area contributed by atoms with Gasteiger partial charge in [-0.1, -0.05) is 19.1 Å². The van der Waals surface area contributed by atoms with Crippen LogP contribution in [-0.2, 0) is 11.3 Å². The van der Waals surface area contributed by atoms with Gasteiger partial charge >= 0.3 is 0 Å². The van der Waals surface area contributed by atoms with Gasteiger partial charge in [0.1, 0.15) is 0 Å². The SMILES string of the molecule is CCNC(=NCc1ccc(C)cc1SC)NCC1(C)COC1. The van der Waals surface area contributed by atoms with Gasteiger partial charge in [-0.25, -0.2) is 4.99 Å². The summed E-state index contributed by atoms with van der Waals surface area (Å²) in [5.41, 5.74) is 2.80. The lowest BCUT2D eigenvalue weighted by Gasteiger charge is -2.38. The normalized spacial score (nSPS) is 17.0. The minimum Gasteiger partial charge on any atom is -0.380 e. The van der Waals surface area contributed by atoms with Crippen LogP contribution in [0.3, 0.4) is 0 Å². The van der Waals surface area contributed by atoms with Gasteiger partial charge in [0.2, 0.25) is 0 Å². The number of ether oxygens (including phenoxy) is 1. The first kappa shape index (κ1) is 17.2. The maximum atomic E-state index is 5.30. The molecule has 0 aliphatic carbocycles. The highest BCUT2D eigenvalue weighted by atomic mass is 32.2. The van der Waals surface area contributed by atoms with Crippen LogP contribution in [0.5, 0.6) is 0 Å². The smallest absolute Gasteiger partial charge is 0.191 e. The predicted molar refractivity (Wildman–Crippen MR) is 94.7 cm³/mol. The fraction of sp³-hybridized carbons (Fsp3) is 0.588. The number of aliphatic imine (C=N–C) groups is 1. The highest BCUT2D eigenvalue weighted by Crippen LogP contribution is 2.25. The van der Waals surface area contributed by atoms with Crippen molar-refractivity contribution in [3.05, 3.63) is 29.3 Å². The van der Waals surface area contributed by atoms with Crippen molar-refractivity contribution in [3.8, 4) is 0 Å². The van der Waals surface area contributed by atoms with E-state index in [2.05, 4.69) is 55.9 Å². The lowest BCUT2D eigenvalue weighted by atomic mass is 9.89. The van der Waals surface area contributed by atoms with E-state index in [1.54, 1.807) is 11.8 Å². The molecule has 2 rings (SSSR count). The highest BCUT2D eigenvalue weighted by molar-refractivity contribution is 7.98. The summed E-state index contributed by atoms with van der Waals surface area (Å²) in [5.74, 6) is 0.878. The monoisotopic (exact) mass is 321 g/mol.